The normalized spacial score (nSPS) is 18.3. The minimum atomic E-state index is -1.35. The molecule has 0 heterocycles. The van der Waals surface area contributed by atoms with Crippen LogP contribution in [0.5, 0.6) is 0 Å². The van der Waals surface area contributed by atoms with E-state index in [0.29, 0.717) is 12.3 Å². The Kier molecular flexibility index (Phi) is 6.62. The van der Waals surface area contributed by atoms with Gasteiger partial charge in [-0.2, -0.15) is 0 Å². The maximum atomic E-state index is 13.6. The smallest absolute Gasteiger partial charge is 0.268 e. The van der Waals surface area contributed by atoms with Gasteiger partial charge in [0.05, 0.1) is 5.02 Å². The molecule has 1 fully saturated rings. The van der Waals surface area contributed by atoms with Crippen molar-refractivity contribution < 1.29 is 14.3 Å². The molecule has 128 valence electrons. The van der Waals surface area contributed by atoms with Gasteiger partial charge >= 0.3 is 0 Å². The number of carbonyl (C=O) groups excluding carboxylic acids is 1. The highest BCUT2D eigenvalue weighted by Gasteiger charge is 2.26. The number of rotatable bonds is 6. The minimum Gasteiger partial charge on any atom is -0.382 e. The molecule has 2 atom stereocenters. The van der Waals surface area contributed by atoms with Crippen LogP contribution in [0.3, 0.4) is 0 Å². The van der Waals surface area contributed by atoms with Gasteiger partial charge in [0.1, 0.15) is 17.6 Å². The van der Waals surface area contributed by atoms with Crippen LogP contribution in [0.4, 0.5) is 10.1 Å². The summed E-state index contributed by atoms with van der Waals surface area (Å²) < 4.78 is 13.6. The third-order valence-corrected chi connectivity index (χ3v) is 4.59. The monoisotopic (exact) mass is 343 g/mol. The van der Waals surface area contributed by atoms with E-state index in [4.69, 9.17) is 17.3 Å². The first kappa shape index (κ1) is 18.0. The lowest BCUT2D eigenvalue weighted by atomic mass is 9.84. The number of anilines is 1. The maximum Gasteiger partial charge on any atom is 0.268 e. The molecule has 5 nitrogen and oxygen atoms in total. The summed E-state index contributed by atoms with van der Waals surface area (Å²) in [4.78, 5) is 12.0. The average molecular weight is 344 g/mol. The molecule has 2 unspecified atom stereocenters. The fourth-order valence-corrected chi connectivity index (χ4v) is 3.16. The highest BCUT2D eigenvalue weighted by Crippen LogP contribution is 2.27. The molecule has 7 heteroatoms. The Hall–Kier alpha value is -1.37. The van der Waals surface area contributed by atoms with Crippen molar-refractivity contribution in [3.63, 3.8) is 0 Å². The number of benzene rings is 1. The second kappa shape index (κ2) is 8.47. The molecule has 1 aliphatic rings. The van der Waals surface area contributed by atoms with Crippen LogP contribution in [-0.2, 0) is 4.79 Å². The molecule has 1 saturated carbocycles. The predicted molar refractivity (Wildman–Crippen MR) is 88.3 cm³/mol. The van der Waals surface area contributed by atoms with Crippen LogP contribution in [0.15, 0.2) is 18.2 Å². The highest BCUT2D eigenvalue weighted by atomic mass is 35.5. The lowest BCUT2D eigenvalue weighted by Crippen LogP contribution is -2.48. The van der Waals surface area contributed by atoms with E-state index in [9.17, 15) is 14.3 Å². The molecule has 1 aromatic rings. The van der Waals surface area contributed by atoms with Gasteiger partial charge in [-0.1, -0.05) is 49.8 Å². The molecule has 1 amide bonds. The molecule has 0 spiro atoms. The van der Waals surface area contributed by atoms with Crippen LogP contribution in [0.25, 0.3) is 0 Å². The number of aliphatic hydroxyl groups excluding tert-OH is 1. The van der Waals surface area contributed by atoms with Crippen LogP contribution >= 0.6 is 11.6 Å². The average Bonchev–Trinajstić information content (AvgIpc) is 2.54. The van der Waals surface area contributed by atoms with Gasteiger partial charge in [0.25, 0.3) is 5.91 Å². The molecule has 2 rings (SSSR count). The van der Waals surface area contributed by atoms with E-state index in [0.717, 1.165) is 12.8 Å². The summed E-state index contributed by atoms with van der Waals surface area (Å²) in [6.07, 6.45) is 5.02. The van der Waals surface area contributed by atoms with E-state index < -0.39 is 23.9 Å². The second-order valence-corrected chi connectivity index (χ2v) is 6.47. The molecule has 0 aromatic heterocycles. The van der Waals surface area contributed by atoms with E-state index in [1.807, 2.05) is 0 Å². The van der Waals surface area contributed by atoms with Gasteiger partial charge in [0, 0.05) is 6.04 Å². The zero-order chi connectivity index (χ0) is 16.8. The first-order chi connectivity index (χ1) is 11.0. The van der Waals surface area contributed by atoms with E-state index in [-0.39, 0.29) is 10.7 Å². The molecule has 23 heavy (non-hydrogen) atoms. The molecular weight excluding hydrogens is 321 g/mol. The topological polar surface area (TPSA) is 87.4 Å². The molecule has 0 saturated heterocycles. The second-order valence-electron chi connectivity index (χ2n) is 6.06. The first-order valence-electron chi connectivity index (χ1n) is 7.92. The molecule has 1 aliphatic carbocycles. The van der Waals surface area contributed by atoms with Crippen molar-refractivity contribution in [2.75, 3.05) is 5.43 Å². The van der Waals surface area contributed by atoms with Gasteiger partial charge < -0.3 is 10.8 Å². The van der Waals surface area contributed by atoms with Gasteiger partial charge in [-0.25, -0.2) is 4.39 Å². The van der Waals surface area contributed by atoms with Crippen molar-refractivity contribution in [2.24, 2.45) is 11.7 Å². The van der Waals surface area contributed by atoms with Crippen molar-refractivity contribution in [1.82, 2.24) is 5.43 Å². The Morgan fingerprint density at radius 3 is 2.74 bits per heavy atom. The van der Waals surface area contributed by atoms with Gasteiger partial charge in [-0.15, -0.1) is 0 Å². The number of aliphatic hydroxyl groups is 1. The summed E-state index contributed by atoms with van der Waals surface area (Å²) in [6, 6.07) is 3.52. The number of para-hydroxylation sites is 1. The summed E-state index contributed by atoms with van der Waals surface area (Å²) in [7, 11) is 0. The quantitative estimate of drug-likeness (QED) is 0.598. The number of hydrogen-bond donors (Lipinski definition) is 4. The van der Waals surface area contributed by atoms with Gasteiger partial charge in [0.2, 0.25) is 0 Å². The summed E-state index contributed by atoms with van der Waals surface area (Å²) >= 11 is 5.84. The van der Waals surface area contributed by atoms with Crippen molar-refractivity contribution >= 4 is 23.2 Å². The van der Waals surface area contributed by atoms with Crippen LogP contribution in [-0.4, -0.2) is 23.2 Å². The third-order valence-electron chi connectivity index (χ3n) is 4.28. The molecule has 0 aliphatic heterocycles. The van der Waals surface area contributed by atoms with Crippen LogP contribution in [0.1, 0.15) is 38.5 Å². The summed E-state index contributed by atoms with van der Waals surface area (Å²) in [5, 5.41) is 10.2. The summed E-state index contributed by atoms with van der Waals surface area (Å²) in [5.74, 6) is -0.846. The lowest BCUT2D eigenvalue weighted by Gasteiger charge is -2.26. The van der Waals surface area contributed by atoms with Gasteiger partial charge in [-0.05, 0) is 24.5 Å². The van der Waals surface area contributed by atoms with Gasteiger partial charge in [-0.3, -0.25) is 15.6 Å². The Morgan fingerprint density at radius 2 is 2.09 bits per heavy atom. The zero-order valence-electron chi connectivity index (χ0n) is 12.9. The highest BCUT2D eigenvalue weighted by molar-refractivity contribution is 6.33. The van der Waals surface area contributed by atoms with Crippen molar-refractivity contribution in [3.05, 3.63) is 29.0 Å². The van der Waals surface area contributed by atoms with Crippen molar-refractivity contribution in [2.45, 2.75) is 50.7 Å². The Balaban J connectivity index is 1.84. The molecule has 1 aromatic carbocycles. The van der Waals surface area contributed by atoms with E-state index in [2.05, 4.69) is 10.9 Å². The number of carbonyl (C=O) groups is 1. The van der Waals surface area contributed by atoms with Crippen molar-refractivity contribution in [3.8, 4) is 0 Å². The Labute approximate surface area is 140 Å². The standard InChI is InChI=1S/C16H23ClFN3O2/c17-11-7-4-8-12(18)14(11)20-21-16(23)15(22)13(19)9-10-5-2-1-3-6-10/h4,7-8,10,13,15,20,22H,1-3,5-6,9,19H2,(H,21,23). The fraction of sp³-hybridized carbons (Fsp3) is 0.562. The third kappa shape index (κ3) is 5.06. The largest absolute Gasteiger partial charge is 0.382 e. The van der Waals surface area contributed by atoms with Crippen molar-refractivity contribution in [1.29, 1.82) is 0 Å². The molecule has 0 radical (unpaired) electrons. The Bertz CT molecular complexity index is 518. The van der Waals surface area contributed by atoms with Crippen LogP contribution in [0.2, 0.25) is 5.02 Å². The van der Waals surface area contributed by atoms with E-state index in [1.54, 1.807) is 0 Å². The number of nitrogens with two attached hydrogens (primary N) is 1. The van der Waals surface area contributed by atoms with Crippen LogP contribution < -0.4 is 16.6 Å². The molecule has 0 bridgehead atoms. The number of nitrogens with one attached hydrogen (secondary N) is 2. The summed E-state index contributed by atoms with van der Waals surface area (Å²) in [5.41, 5.74) is 10.5. The number of amides is 1. The lowest BCUT2D eigenvalue weighted by molar-refractivity contribution is -0.130. The van der Waals surface area contributed by atoms with Crippen LogP contribution in [0, 0.1) is 11.7 Å². The Morgan fingerprint density at radius 1 is 1.39 bits per heavy atom. The fourth-order valence-electron chi connectivity index (χ4n) is 2.95. The number of hydrazine groups is 1. The SMILES string of the molecule is NC(CC1CCCCC1)C(O)C(=O)NNc1c(F)cccc1Cl. The minimum absolute atomic E-state index is 0.0458. The van der Waals surface area contributed by atoms with E-state index >= 15 is 0 Å². The maximum absolute atomic E-state index is 13.6. The number of hydrogen-bond acceptors (Lipinski definition) is 4. The summed E-state index contributed by atoms with van der Waals surface area (Å²) in [6.45, 7) is 0. The zero-order valence-corrected chi connectivity index (χ0v) is 13.7. The number of halogens is 2. The molecular formula is C16H23ClFN3O2. The molecule has 5 N–H and O–H groups in total. The first-order valence-corrected chi connectivity index (χ1v) is 8.30. The predicted octanol–water partition coefficient (Wildman–Crippen LogP) is 2.58. The van der Waals surface area contributed by atoms with E-state index in [1.165, 1.54) is 37.5 Å². The van der Waals surface area contributed by atoms with Gasteiger partial charge in [0.15, 0.2) is 0 Å².